The van der Waals surface area contributed by atoms with Crippen molar-refractivity contribution >= 4 is 28.9 Å². The highest BCUT2D eigenvalue weighted by Crippen LogP contribution is 2.16. The molecule has 2 nitrogen and oxygen atoms in total. The highest BCUT2D eigenvalue weighted by Gasteiger charge is 2.11. The predicted octanol–water partition coefficient (Wildman–Crippen LogP) is 3.11. The number of alkyl halides is 1. The van der Waals surface area contributed by atoms with Crippen molar-refractivity contribution in [2.75, 3.05) is 0 Å². The van der Waals surface area contributed by atoms with Gasteiger partial charge in [0.05, 0.1) is 16.5 Å². The van der Waals surface area contributed by atoms with Gasteiger partial charge in [-0.2, -0.15) is 4.37 Å². The molecule has 2 aromatic rings. The summed E-state index contributed by atoms with van der Waals surface area (Å²) >= 11 is 6.82. The minimum absolute atomic E-state index is 0.00414. The van der Waals surface area contributed by atoms with Crippen molar-refractivity contribution in [1.29, 1.82) is 0 Å². The predicted molar refractivity (Wildman–Crippen MR) is 61.5 cm³/mol. The molecule has 1 aromatic heterocycles. The van der Waals surface area contributed by atoms with E-state index in [1.54, 1.807) is 18.2 Å². The maximum Gasteiger partial charge on any atom is 0.204 e. The second-order valence-corrected chi connectivity index (χ2v) is 4.08. The monoisotopic (exact) mass is 237 g/mol. The average molecular weight is 238 g/mol. The van der Waals surface area contributed by atoms with E-state index in [9.17, 15) is 4.79 Å². The second kappa shape index (κ2) is 4.55. The molecule has 0 N–H and O–H groups in total. The molecule has 4 heteroatoms. The summed E-state index contributed by atoms with van der Waals surface area (Å²) in [6.07, 6.45) is 0. The van der Waals surface area contributed by atoms with Crippen molar-refractivity contribution in [3.05, 3.63) is 52.5 Å². The molecule has 0 bridgehead atoms. The summed E-state index contributed by atoms with van der Waals surface area (Å²) in [7, 11) is 0. The van der Waals surface area contributed by atoms with Crippen LogP contribution in [0.15, 0.2) is 36.4 Å². The summed E-state index contributed by atoms with van der Waals surface area (Å²) in [4.78, 5) is 12.5. The van der Waals surface area contributed by atoms with Crippen LogP contribution in [-0.2, 0) is 5.88 Å². The van der Waals surface area contributed by atoms with Crippen LogP contribution < -0.4 is 0 Å². The number of carbonyl (C=O) groups excluding carboxylic acids is 1. The third-order valence-corrected chi connectivity index (χ3v) is 3.06. The molecular weight excluding hydrogens is 230 g/mol. The first-order valence-electron chi connectivity index (χ1n) is 4.42. The van der Waals surface area contributed by atoms with Crippen molar-refractivity contribution < 1.29 is 4.79 Å². The number of hydrogen-bond donors (Lipinski definition) is 0. The first kappa shape index (κ1) is 10.3. The maximum absolute atomic E-state index is 11.9. The molecule has 15 heavy (non-hydrogen) atoms. The number of nitrogens with zero attached hydrogens (tertiary/aromatic N) is 1. The van der Waals surface area contributed by atoms with Crippen LogP contribution in [0.5, 0.6) is 0 Å². The maximum atomic E-state index is 11.9. The molecule has 0 amide bonds. The highest BCUT2D eigenvalue weighted by atomic mass is 35.5. The van der Waals surface area contributed by atoms with E-state index in [-0.39, 0.29) is 5.78 Å². The third kappa shape index (κ3) is 2.25. The van der Waals surface area contributed by atoms with Crippen molar-refractivity contribution in [2.45, 2.75) is 5.88 Å². The molecule has 0 aliphatic rings. The van der Waals surface area contributed by atoms with E-state index in [2.05, 4.69) is 4.37 Å². The van der Waals surface area contributed by atoms with Crippen molar-refractivity contribution in [2.24, 2.45) is 0 Å². The fourth-order valence-electron chi connectivity index (χ4n) is 1.21. The van der Waals surface area contributed by atoms with Crippen LogP contribution in [0.4, 0.5) is 0 Å². The van der Waals surface area contributed by atoms with Gasteiger partial charge in [-0.05, 0) is 17.6 Å². The summed E-state index contributed by atoms with van der Waals surface area (Å²) in [5, 5.41) is 0. The third-order valence-electron chi connectivity index (χ3n) is 1.96. The highest BCUT2D eigenvalue weighted by molar-refractivity contribution is 7.08. The van der Waals surface area contributed by atoms with Crippen LogP contribution >= 0.6 is 23.1 Å². The van der Waals surface area contributed by atoms with Gasteiger partial charge >= 0.3 is 0 Å². The topological polar surface area (TPSA) is 30.0 Å². The van der Waals surface area contributed by atoms with Crippen molar-refractivity contribution in [3.63, 3.8) is 0 Å². The minimum Gasteiger partial charge on any atom is -0.288 e. The van der Waals surface area contributed by atoms with E-state index in [1.807, 2.05) is 18.2 Å². The lowest BCUT2D eigenvalue weighted by Crippen LogP contribution is -1.97. The van der Waals surface area contributed by atoms with Gasteiger partial charge in [-0.3, -0.25) is 4.79 Å². The summed E-state index contributed by atoms with van der Waals surface area (Å²) in [6.45, 7) is 0. The molecule has 0 fully saturated rings. The zero-order valence-electron chi connectivity index (χ0n) is 7.81. The SMILES string of the molecule is O=C(c1ccccc1)c1cc(CCl)ns1. The number of aromatic nitrogens is 1. The molecular formula is C11H8ClNOS. The summed E-state index contributed by atoms with van der Waals surface area (Å²) in [5.41, 5.74) is 1.43. The van der Waals surface area contributed by atoms with E-state index in [0.29, 0.717) is 16.3 Å². The number of benzene rings is 1. The van der Waals surface area contributed by atoms with E-state index >= 15 is 0 Å². The van der Waals surface area contributed by atoms with Crippen LogP contribution in [0.3, 0.4) is 0 Å². The van der Waals surface area contributed by atoms with Gasteiger partial charge in [0.2, 0.25) is 5.78 Å². The van der Waals surface area contributed by atoms with Gasteiger partial charge in [0.25, 0.3) is 0 Å². The van der Waals surface area contributed by atoms with E-state index in [0.717, 1.165) is 5.69 Å². The van der Waals surface area contributed by atoms with Gasteiger partial charge in [-0.25, -0.2) is 0 Å². The first-order chi connectivity index (χ1) is 7.31. The number of rotatable bonds is 3. The molecule has 2 rings (SSSR count). The molecule has 76 valence electrons. The quantitative estimate of drug-likeness (QED) is 0.607. The molecule has 0 aliphatic heterocycles. The van der Waals surface area contributed by atoms with Crippen molar-refractivity contribution in [1.82, 2.24) is 4.37 Å². The Labute approximate surface area is 96.7 Å². The Morgan fingerprint density at radius 3 is 2.67 bits per heavy atom. The number of hydrogen-bond acceptors (Lipinski definition) is 3. The second-order valence-electron chi connectivity index (χ2n) is 3.01. The number of carbonyl (C=O) groups is 1. The van der Waals surface area contributed by atoms with Crippen molar-refractivity contribution in [3.8, 4) is 0 Å². The van der Waals surface area contributed by atoms with Gasteiger partial charge in [0, 0.05) is 5.56 Å². The lowest BCUT2D eigenvalue weighted by Gasteiger charge is -1.95. The molecule has 0 spiro atoms. The molecule has 0 aliphatic carbocycles. The van der Waals surface area contributed by atoms with Crippen LogP contribution in [0.1, 0.15) is 20.9 Å². The number of halogens is 1. The Bertz CT molecular complexity index is 466. The largest absolute Gasteiger partial charge is 0.288 e. The molecule has 0 unspecified atom stereocenters. The Morgan fingerprint density at radius 2 is 2.07 bits per heavy atom. The fraction of sp³-hybridized carbons (Fsp3) is 0.0909. The van der Waals surface area contributed by atoms with Crippen LogP contribution in [0.25, 0.3) is 0 Å². The standard InChI is InChI=1S/C11H8ClNOS/c12-7-9-6-10(15-13-9)11(14)8-4-2-1-3-5-8/h1-6H,7H2. The number of ketones is 1. The van der Waals surface area contributed by atoms with Gasteiger partial charge in [0.15, 0.2) is 0 Å². The average Bonchev–Trinajstić information content (AvgIpc) is 2.78. The van der Waals surface area contributed by atoms with E-state index in [1.165, 1.54) is 11.5 Å². The zero-order valence-corrected chi connectivity index (χ0v) is 9.39. The Balaban J connectivity index is 2.29. The summed E-state index contributed by atoms with van der Waals surface area (Å²) < 4.78 is 4.07. The molecule has 0 saturated carbocycles. The van der Waals surface area contributed by atoms with E-state index < -0.39 is 0 Å². The lowest BCUT2D eigenvalue weighted by molar-refractivity contribution is 0.104. The fourth-order valence-corrected chi connectivity index (χ4v) is 2.14. The molecule has 0 saturated heterocycles. The lowest BCUT2D eigenvalue weighted by atomic mass is 10.1. The summed E-state index contributed by atoms with van der Waals surface area (Å²) in [6, 6.07) is 10.9. The molecule has 1 heterocycles. The first-order valence-corrected chi connectivity index (χ1v) is 5.73. The van der Waals surface area contributed by atoms with Gasteiger partial charge in [-0.15, -0.1) is 11.6 Å². The summed E-state index contributed by atoms with van der Waals surface area (Å²) in [5.74, 6) is 0.350. The van der Waals surface area contributed by atoms with Crippen LogP contribution in [0.2, 0.25) is 0 Å². The Morgan fingerprint density at radius 1 is 1.33 bits per heavy atom. The smallest absolute Gasteiger partial charge is 0.204 e. The normalized spacial score (nSPS) is 10.2. The van der Waals surface area contributed by atoms with Crippen LogP contribution in [-0.4, -0.2) is 10.2 Å². The van der Waals surface area contributed by atoms with E-state index in [4.69, 9.17) is 11.6 Å². The molecule has 0 atom stereocenters. The van der Waals surface area contributed by atoms with Gasteiger partial charge in [-0.1, -0.05) is 30.3 Å². The molecule has 0 radical (unpaired) electrons. The Hall–Kier alpha value is -1.19. The minimum atomic E-state index is 0.00414. The molecule has 1 aromatic carbocycles. The zero-order chi connectivity index (χ0) is 10.7. The van der Waals surface area contributed by atoms with Gasteiger partial charge < -0.3 is 0 Å². The van der Waals surface area contributed by atoms with Crippen LogP contribution in [0, 0.1) is 0 Å². The Kier molecular flexibility index (Phi) is 3.14. The van der Waals surface area contributed by atoms with Gasteiger partial charge in [0.1, 0.15) is 0 Å².